The summed E-state index contributed by atoms with van der Waals surface area (Å²) in [4.78, 5) is 10.7. The second-order valence-corrected chi connectivity index (χ2v) is 9.28. The number of anilines is 1. The van der Waals surface area contributed by atoms with E-state index < -0.39 is 15.7 Å². The molecular formula is C20H23FN4O3S. The van der Waals surface area contributed by atoms with Crippen LogP contribution >= 0.6 is 0 Å². The van der Waals surface area contributed by atoms with Gasteiger partial charge < -0.3 is 14.2 Å². The maximum atomic E-state index is 15.0. The SMILES string of the molecule is Cc1ncc(C2=NCN(c3ccc(S(C)(=O)=O)cc3)C=C2F)n1C1CCOCC1. The molecule has 2 aromatic rings. The smallest absolute Gasteiger partial charge is 0.175 e. The summed E-state index contributed by atoms with van der Waals surface area (Å²) in [6.45, 7) is 3.52. The second kappa shape index (κ2) is 7.72. The van der Waals surface area contributed by atoms with Gasteiger partial charge in [-0.1, -0.05) is 0 Å². The molecule has 0 amide bonds. The highest BCUT2D eigenvalue weighted by Crippen LogP contribution is 2.28. The van der Waals surface area contributed by atoms with E-state index in [4.69, 9.17) is 4.74 Å². The monoisotopic (exact) mass is 418 g/mol. The minimum absolute atomic E-state index is 0.221. The quantitative estimate of drug-likeness (QED) is 0.763. The molecule has 7 nitrogen and oxygen atoms in total. The van der Waals surface area contributed by atoms with E-state index in [2.05, 4.69) is 14.5 Å². The van der Waals surface area contributed by atoms with E-state index in [1.54, 1.807) is 23.2 Å². The number of sulfone groups is 1. The molecule has 1 saturated heterocycles. The molecule has 3 heterocycles. The van der Waals surface area contributed by atoms with Crippen molar-refractivity contribution < 1.29 is 17.5 Å². The molecular weight excluding hydrogens is 395 g/mol. The molecule has 0 radical (unpaired) electrons. The van der Waals surface area contributed by atoms with Gasteiger partial charge in [0, 0.05) is 37.4 Å². The number of imidazole rings is 1. The predicted molar refractivity (Wildman–Crippen MR) is 109 cm³/mol. The van der Waals surface area contributed by atoms with E-state index in [9.17, 15) is 8.42 Å². The Balaban J connectivity index is 1.59. The molecule has 4 rings (SSSR count). The molecule has 0 saturated carbocycles. The highest BCUT2D eigenvalue weighted by molar-refractivity contribution is 7.90. The zero-order valence-corrected chi connectivity index (χ0v) is 17.2. The summed E-state index contributed by atoms with van der Waals surface area (Å²) in [6, 6.07) is 6.55. The maximum absolute atomic E-state index is 15.0. The molecule has 0 aliphatic carbocycles. The van der Waals surface area contributed by atoms with Gasteiger partial charge in [-0.15, -0.1) is 0 Å². The van der Waals surface area contributed by atoms with Crippen LogP contribution in [0.5, 0.6) is 0 Å². The predicted octanol–water partition coefficient (Wildman–Crippen LogP) is 3.02. The number of aryl methyl sites for hydroxylation is 1. The fourth-order valence-corrected chi connectivity index (χ4v) is 4.37. The maximum Gasteiger partial charge on any atom is 0.175 e. The lowest BCUT2D eigenvalue weighted by molar-refractivity contribution is 0.0689. The summed E-state index contributed by atoms with van der Waals surface area (Å²) < 4.78 is 45.8. The van der Waals surface area contributed by atoms with Gasteiger partial charge in [-0.25, -0.2) is 17.8 Å². The van der Waals surface area contributed by atoms with Crippen LogP contribution in [-0.4, -0.2) is 49.8 Å². The van der Waals surface area contributed by atoms with Crippen molar-refractivity contribution in [3.63, 3.8) is 0 Å². The Kier molecular flexibility index (Phi) is 5.26. The Morgan fingerprint density at radius 3 is 2.48 bits per heavy atom. The van der Waals surface area contributed by atoms with Gasteiger partial charge in [0.15, 0.2) is 15.7 Å². The van der Waals surface area contributed by atoms with Crippen molar-refractivity contribution in [2.45, 2.75) is 30.7 Å². The third-order valence-corrected chi connectivity index (χ3v) is 6.38. The fraction of sp³-hybridized carbons (Fsp3) is 0.400. The lowest BCUT2D eigenvalue weighted by atomic mass is 10.1. The van der Waals surface area contributed by atoms with E-state index in [0.717, 1.165) is 24.9 Å². The zero-order valence-electron chi connectivity index (χ0n) is 16.4. The molecule has 0 bridgehead atoms. The summed E-state index contributed by atoms with van der Waals surface area (Å²) in [5, 5.41) is 0. The van der Waals surface area contributed by atoms with Crippen molar-refractivity contribution in [1.29, 1.82) is 0 Å². The van der Waals surface area contributed by atoms with Crippen molar-refractivity contribution in [2.75, 3.05) is 31.0 Å². The Morgan fingerprint density at radius 2 is 1.86 bits per heavy atom. The van der Waals surface area contributed by atoms with Crippen molar-refractivity contribution in [3.05, 3.63) is 54.0 Å². The lowest BCUT2D eigenvalue weighted by Crippen LogP contribution is -2.27. The molecule has 2 aliphatic rings. The van der Waals surface area contributed by atoms with Gasteiger partial charge in [0.05, 0.1) is 16.8 Å². The number of hydrogen-bond donors (Lipinski definition) is 0. The van der Waals surface area contributed by atoms with E-state index in [-0.39, 0.29) is 17.6 Å². The number of rotatable bonds is 4. The number of benzene rings is 1. The van der Waals surface area contributed by atoms with Crippen LogP contribution in [0.15, 0.2) is 52.4 Å². The first-order chi connectivity index (χ1) is 13.8. The molecule has 154 valence electrons. The Bertz CT molecular complexity index is 1070. The van der Waals surface area contributed by atoms with Gasteiger partial charge in [0.1, 0.15) is 18.2 Å². The first-order valence-electron chi connectivity index (χ1n) is 9.45. The largest absolute Gasteiger partial charge is 0.381 e. The molecule has 1 aromatic heterocycles. The number of aliphatic imine (C=N–C) groups is 1. The molecule has 1 aromatic carbocycles. The number of allylic oxidation sites excluding steroid dienone is 1. The first kappa shape index (κ1) is 19.8. The summed E-state index contributed by atoms with van der Waals surface area (Å²) >= 11 is 0. The van der Waals surface area contributed by atoms with Crippen LogP contribution in [0.2, 0.25) is 0 Å². The van der Waals surface area contributed by atoms with Gasteiger partial charge in [0.2, 0.25) is 0 Å². The van der Waals surface area contributed by atoms with Crippen molar-refractivity contribution in [1.82, 2.24) is 9.55 Å². The molecule has 9 heteroatoms. The van der Waals surface area contributed by atoms with E-state index >= 15 is 4.39 Å². The molecule has 29 heavy (non-hydrogen) atoms. The van der Waals surface area contributed by atoms with Crippen LogP contribution in [0.4, 0.5) is 10.1 Å². The third-order valence-electron chi connectivity index (χ3n) is 5.25. The number of aromatic nitrogens is 2. The summed E-state index contributed by atoms with van der Waals surface area (Å²) in [6.07, 6.45) is 5.95. The van der Waals surface area contributed by atoms with E-state index in [1.165, 1.54) is 18.3 Å². The lowest BCUT2D eigenvalue weighted by Gasteiger charge is -2.28. The number of ether oxygens (including phenoxy) is 1. The molecule has 0 unspecified atom stereocenters. The molecule has 1 fully saturated rings. The van der Waals surface area contributed by atoms with Crippen LogP contribution in [0.1, 0.15) is 30.4 Å². The van der Waals surface area contributed by atoms with Crippen molar-refractivity contribution >= 4 is 21.2 Å². The average molecular weight is 418 g/mol. The van der Waals surface area contributed by atoms with Gasteiger partial charge in [-0.2, -0.15) is 0 Å². The van der Waals surface area contributed by atoms with Crippen LogP contribution < -0.4 is 4.90 Å². The van der Waals surface area contributed by atoms with Gasteiger partial charge in [-0.3, -0.25) is 4.99 Å². The Labute approximate surface area is 169 Å². The molecule has 0 N–H and O–H groups in total. The van der Waals surface area contributed by atoms with Crippen LogP contribution in [-0.2, 0) is 14.6 Å². The molecule has 0 atom stereocenters. The van der Waals surface area contributed by atoms with Crippen molar-refractivity contribution in [3.8, 4) is 0 Å². The standard InChI is InChI=1S/C20H23FN4O3S/c1-14-22-11-19(25(14)16-7-9-28-10-8-16)20-18(21)12-24(13-23-20)15-3-5-17(6-4-15)29(2,26)27/h3-6,11-12,16H,7-10,13H2,1-2H3. The minimum atomic E-state index is -3.27. The minimum Gasteiger partial charge on any atom is -0.381 e. The van der Waals surface area contributed by atoms with Crippen LogP contribution in [0.3, 0.4) is 0 Å². The first-order valence-corrected chi connectivity index (χ1v) is 11.3. The Morgan fingerprint density at radius 1 is 1.17 bits per heavy atom. The average Bonchev–Trinajstić information content (AvgIpc) is 3.09. The van der Waals surface area contributed by atoms with Gasteiger partial charge in [-0.05, 0) is 44.0 Å². The Hall–Kier alpha value is -2.52. The summed E-state index contributed by atoms with van der Waals surface area (Å²) in [5.41, 5.74) is 1.64. The van der Waals surface area contributed by atoms with Gasteiger partial charge >= 0.3 is 0 Å². The summed E-state index contributed by atoms with van der Waals surface area (Å²) in [7, 11) is -3.27. The highest BCUT2D eigenvalue weighted by atomic mass is 32.2. The normalized spacial score (nSPS) is 18.5. The fourth-order valence-electron chi connectivity index (χ4n) is 3.74. The highest BCUT2D eigenvalue weighted by Gasteiger charge is 2.26. The summed E-state index contributed by atoms with van der Waals surface area (Å²) in [5.74, 6) is 0.387. The van der Waals surface area contributed by atoms with E-state index in [0.29, 0.717) is 30.3 Å². The van der Waals surface area contributed by atoms with Gasteiger partial charge in [0.25, 0.3) is 0 Å². The van der Waals surface area contributed by atoms with Crippen LogP contribution in [0.25, 0.3) is 0 Å². The molecule has 0 spiro atoms. The van der Waals surface area contributed by atoms with Crippen LogP contribution in [0, 0.1) is 6.92 Å². The van der Waals surface area contributed by atoms with Crippen molar-refractivity contribution in [2.24, 2.45) is 4.99 Å². The zero-order chi connectivity index (χ0) is 20.6. The topological polar surface area (TPSA) is 76.8 Å². The molecule has 2 aliphatic heterocycles. The number of hydrogen-bond acceptors (Lipinski definition) is 6. The number of nitrogens with zero attached hydrogens (tertiary/aromatic N) is 4. The van der Waals surface area contributed by atoms with E-state index in [1.807, 2.05) is 6.92 Å². The third kappa shape index (κ3) is 3.97. The second-order valence-electron chi connectivity index (χ2n) is 7.27. The number of halogens is 1.